The van der Waals surface area contributed by atoms with Gasteiger partial charge in [0.05, 0.1) is 12.8 Å². The molecule has 0 atom stereocenters. The van der Waals surface area contributed by atoms with Crippen LogP contribution in [0, 0.1) is 0 Å². The number of hydrogen-bond acceptors (Lipinski definition) is 4. The monoisotopic (exact) mass is 341 g/mol. The molecule has 1 aliphatic rings. The summed E-state index contributed by atoms with van der Waals surface area (Å²) in [6.45, 7) is 3.97. The standard InChI is InChI=1S/C18H19N3O2S/c1-18(2)21(16(22)13-9-11-15(23-3)12-10-13)20-17(24-18)19-14-7-5-4-6-8-14/h4-12H,1-3H3,(H,19,20). The van der Waals surface area contributed by atoms with Gasteiger partial charge in [-0.1, -0.05) is 30.0 Å². The molecule has 1 fully saturated rings. The van der Waals surface area contributed by atoms with Crippen LogP contribution in [0.15, 0.2) is 59.6 Å². The highest BCUT2D eigenvalue weighted by atomic mass is 32.2. The molecule has 6 heteroatoms. The summed E-state index contributed by atoms with van der Waals surface area (Å²) in [5, 5.41) is 2.31. The normalized spacial score (nSPS) is 17.6. The minimum Gasteiger partial charge on any atom is -0.497 e. The van der Waals surface area contributed by atoms with Gasteiger partial charge in [-0.3, -0.25) is 10.2 Å². The molecule has 3 rings (SSSR count). The first-order chi connectivity index (χ1) is 11.5. The zero-order chi connectivity index (χ0) is 17.2. The van der Waals surface area contributed by atoms with E-state index in [-0.39, 0.29) is 5.91 Å². The summed E-state index contributed by atoms with van der Waals surface area (Å²) in [4.78, 5) is 16.9. The number of amides is 1. The Labute approximate surface area is 145 Å². The first-order valence-corrected chi connectivity index (χ1v) is 8.39. The van der Waals surface area contributed by atoms with Gasteiger partial charge in [0.25, 0.3) is 5.91 Å². The van der Waals surface area contributed by atoms with Crippen LogP contribution in [0.3, 0.4) is 0 Å². The third-order valence-corrected chi connectivity index (χ3v) is 4.68. The number of methoxy groups -OCH3 is 1. The predicted octanol–water partition coefficient (Wildman–Crippen LogP) is 3.81. The molecule has 0 aliphatic carbocycles. The lowest BCUT2D eigenvalue weighted by molar-refractivity contribution is 0.0631. The van der Waals surface area contributed by atoms with Crippen LogP contribution in [-0.2, 0) is 0 Å². The van der Waals surface area contributed by atoms with Crippen LogP contribution in [0.2, 0.25) is 0 Å². The quantitative estimate of drug-likeness (QED) is 0.922. The number of thioether (sulfide) groups is 1. The number of aliphatic imine (C=N–C) groups is 1. The Hall–Kier alpha value is -2.47. The van der Waals surface area contributed by atoms with Gasteiger partial charge in [0.1, 0.15) is 10.6 Å². The van der Waals surface area contributed by atoms with E-state index in [9.17, 15) is 4.79 Å². The highest BCUT2D eigenvalue weighted by Crippen LogP contribution is 2.36. The van der Waals surface area contributed by atoms with Gasteiger partial charge in [0, 0.05) is 5.56 Å². The highest BCUT2D eigenvalue weighted by molar-refractivity contribution is 8.15. The first kappa shape index (κ1) is 16.4. The lowest BCUT2D eigenvalue weighted by Gasteiger charge is -2.28. The minimum absolute atomic E-state index is 0.103. The summed E-state index contributed by atoms with van der Waals surface area (Å²) < 4.78 is 5.14. The topological polar surface area (TPSA) is 53.9 Å². The van der Waals surface area contributed by atoms with Crippen molar-refractivity contribution in [1.82, 2.24) is 10.4 Å². The Balaban J connectivity index is 1.82. The number of hydrazine groups is 1. The zero-order valence-corrected chi connectivity index (χ0v) is 14.6. The molecule has 1 amide bonds. The smallest absolute Gasteiger partial charge is 0.273 e. The van der Waals surface area contributed by atoms with E-state index >= 15 is 0 Å². The van der Waals surface area contributed by atoms with E-state index in [2.05, 4.69) is 10.4 Å². The number of hydrogen-bond donors (Lipinski definition) is 1. The number of para-hydroxylation sites is 1. The molecule has 0 spiro atoms. The maximum absolute atomic E-state index is 12.8. The first-order valence-electron chi connectivity index (χ1n) is 7.57. The van der Waals surface area contributed by atoms with E-state index in [1.165, 1.54) is 11.8 Å². The van der Waals surface area contributed by atoms with Crippen LogP contribution in [0.4, 0.5) is 5.69 Å². The predicted molar refractivity (Wildman–Crippen MR) is 97.5 cm³/mol. The van der Waals surface area contributed by atoms with E-state index in [1.54, 1.807) is 36.4 Å². The van der Waals surface area contributed by atoms with Crippen molar-refractivity contribution in [2.45, 2.75) is 18.7 Å². The van der Waals surface area contributed by atoms with Crippen LogP contribution < -0.4 is 10.2 Å². The second-order valence-corrected chi connectivity index (χ2v) is 7.37. The average molecular weight is 341 g/mol. The molecule has 1 aliphatic heterocycles. The summed E-state index contributed by atoms with van der Waals surface area (Å²) in [6, 6.07) is 16.8. The molecule has 0 aromatic heterocycles. The van der Waals surface area contributed by atoms with Gasteiger partial charge < -0.3 is 4.74 Å². The molecule has 1 N–H and O–H groups in total. The van der Waals surface area contributed by atoms with Gasteiger partial charge in [-0.15, -0.1) is 0 Å². The van der Waals surface area contributed by atoms with Crippen LogP contribution >= 0.6 is 11.8 Å². The summed E-state index contributed by atoms with van der Waals surface area (Å²) in [5.41, 5.74) is 4.57. The molecule has 0 radical (unpaired) electrons. The summed E-state index contributed by atoms with van der Waals surface area (Å²) in [7, 11) is 1.60. The second kappa shape index (κ2) is 6.57. The van der Waals surface area contributed by atoms with Crippen LogP contribution in [0.1, 0.15) is 24.2 Å². The molecule has 24 heavy (non-hydrogen) atoms. The maximum atomic E-state index is 12.8. The summed E-state index contributed by atoms with van der Waals surface area (Å²) >= 11 is 1.52. The van der Waals surface area contributed by atoms with Gasteiger partial charge in [-0.05, 0) is 50.2 Å². The van der Waals surface area contributed by atoms with Crippen molar-refractivity contribution in [2.75, 3.05) is 7.11 Å². The molecule has 1 saturated heterocycles. The third kappa shape index (κ3) is 3.38. The molecule has 0 bridgehead atoms. The van der Waals surface area contributed by atoms with Gasteiger partial charge in [0.15, 0.2) is 5.17 Å². The lowest BCUT2D eigenvalue weighted by atomic mass is 10.2. The number of nitrogens with one attached hydrogen (secondary N) is 1. The van der Waals surface area contributed by atoms with Gasteiger partial charge in [-0.25, -0.2) is 10.0 Å². The summed E-state index contributed by atoms with van der Waals surface area (Å²) in [5.74, 6) is 0.620. The van der Waals surface area contributed by atoms with Crippen LogP contribution in [-0.4, -0.2) is 28.1 Å². The van der Waals surface area contributed by atoms with Crippen molar-refractivity contribution < 1.29 is 9.53 Å². The van der Waals surface area contributed by atoms with Gasteiger partial charge in [-0.2, -0.15) is 0 Å². The van der Waals surface area contributed by atoms with Crippen molar-refractivity contribution in [3.05, 3.63) is 60.2 Å². The van der Waals surface area contributed by atoms with E-state index in [1.807, 2.05) is 44.2 Å². The number of rotatable bonds is 3. The Morgan fingerprint density at radius 2 is 1.79 bits per heavy atom. The minimum atomic E-state index is -0.440. The summed E-state index contributed by atoms with van der Waals surface area (Å²) in [6.07, 6.45) is 0. The van der Waals surface area contributed by atoms with Crippen LogP contribution in [0.25, 0.3) is 0 Å². The van der Waals surface area contributed by atoms with Crippen LogP contribution in [0.5, 0.6) is 5.75 Å². The average Bonchev–Trinajstić information content (AvgIpc) is 2.89. The van der Waals surface area contributed by atoms with Crippen molar-refractivity contribution in [1.29, 1.82) is 0 Å². The fourth-order valence-corrected chi connectivity index (χ4v) is 3.34. The number of amidine groups is 1. The number of ether oxygens (including phenoxy) is 1. The van der Waals surface area contributed by atoms with Gasteiger partial charge in [0.2, 0.25) is 0 Å². The van der Waals surface area contributed by atoms with Crippen molar-refractivity contribution in [2.24, 2.45) is 4.99 Å². The lowest BCUT2D eigenvalue weighted by Crippen LogP contribution is -2.47. The Kier molecular flexibility index (Phi) is 4.49. The second-order valence-electron chi connectivity index (χ2n) is 5.78. The van der Waals surface area contributed by atoms with E-state index in [0.29, 0.717) is 10.7 Å². The molecule has 0 unspecified atom stereocenters. The number of nitrogens with zero attached hydrogens (tertiary/aromatic N) is 2. The molecule has 2 aromatic rings. The SMILES string of the molecule is COc1ccc(C(=O)N2NC(=Nc3ccccc3)SC2(C)C)cc1. The molecular weight excluding hydrogens is 322 g/mol. The van der Waals surface area contributed by atoms with Crippen molar-refractivity contribution in [3.63, 3.8) is 0 Å². The molecule has 5 nitrogen and oxygen atoms in total. The number of benzene rings is 2. The molecule has 124 valence electrons. The Morgan fingerprint density at radius 1 is 1.12 bits per heavy atom. The Morgan fingerprint density at radius 3 is 2.42 bits per heavy atom. The van der Waals surface area contributed by atoms with Crippen molar-refractivity contribution in [3.8, 4) is 5.75 Å². The third-order valence-electron chi connectivity index (χ3n) is 3.62. The maximum Gasteiger partial charge on any atom is 0.273 e. The molecule has 1 heterocycles. The molecule has 0 saturated carbocycles. The largest absolute Gasteiger partial charge is 0.497 e. The zero-order valence-electron chi connectivity index (χ0n) is 13.8. The fraction of sp³-hybridized carbons (Fsp3) is 0.222. The molecular formula is C18H19N3O2S. The van der Waals surface area contributed by atoms with Crippen molar-refractivity contribution >= 4 is 28.5 Å². The van der Waals surface area contributed by atoms with Gasteiger partial charge >= 0.3 is 0 Å². The number of carbonyl (C=O) groups excluding carboxylic acids is 1. The highest BCUT2D eigenvalue weighted by Gasteiger charge is 2.40. The number of carbonyl (C=O) groups is 1. The molecule has 2 aromatic carbocycles. The van der Waals surface area contributed by atoms with E-state index in [0.717, 1.165) is 11.4 Å². The van der Waals surface area contributed by atoms with E-state index in [4.69, 9.17) is 4.74 Å². The Bertz CT molecular complexity index is 758. The van der Waals surface area contributed by atoms with E-state index < -0.39 is 4.87 Å². The fourth-order valence-electron chi connectivity index (χ4n) is 2.36.